The Morgan fingerprint density at radius 1 is 1.38 bits per heavy atom. The van der Waals surface area contributed by atoms with Gasteiger partial charge in [0.05, 0.1) is 11.5 Å². The van der Waals surface area contributed by atoms with Crippen LogP contribution in [0.5, 0.6) is 5.75 Å². The lowest BCUT2D eigenvalue weighted by Crippen LogP contribution is -2.28. The first kappa shape index (κ1) is 17.4. The Labute approximate surface area is 123 Å². The molecule has 0 fully saturated rings. The van der Waals surface area contributed by atoms with Crippen LogP contribution in [0.2, 0.25) is 0 Å². The van der Waals surface area contributed by atoms with Gasteiger partial charge in [-0.15, -0.1) is 0 Å². The second-order valence-corrected chi connectivity index (χ2v) is 6.62. The van der Waals surface area contributed by atoms with Gasteiger partial charge in [0.25, 0.3) is 0 Å². The molecule has 1 rings (SSSR count). The van der Waals surface area contributed by atoms with Crippen molar-refractivity contribution >= 4 is 16.0 Å². The minimum absolute atomic E-state index is 0.0817. The lowest BCUT2D eigenvalue weighted by Gasteiger charge is -2.09. The number of hydrogen-bond acceptors (Lipinski definition) is 5. The second-order valence-electron chi connectivity index (χ2n) is 4.85. The van der Waals surface area contributed by atoms with Crippen LogP contribution in [0.25, 0.3) is 0 Å². The molecular weight excluding hydrogens is 298 g/mol. The van der Waals surface area contributed by atoms with E-state index in [9.17, 15) is 18.3 Å². The van der Waals surface area contributed by atoms with Crippen LogP contribution in [-0.4, -0.2) is 44.4 Å². The summed E-state index contributed by atoms with van der Waals surface area (Å²) in [5.41, 5.74) is -0.464. The molecule has 0 saturated carbocycles. The van der Waals surface area contributed by atoms with E-state index in [2.05, 4.69) is 4.72 Å². The highest BCUT2D eigenvalue weighted by molar-refractivity contribution is 7.89. The molecular formula is C13H19NO6S. The Morgan fingerprint density at radius 3 is 2.62 bits per heavy atom. The monoisotopic (exact) mass is 317 g/mol. The quantitative estimate of drug-likeness (QED) is 0.618. The fourth-order valence-corrected chi connectivity index (χ4v) is 2.54. The molecule has 3 N–H and O–H groups in total. The number of phenols is 1. The van der Waals surface area contributed by atoms with Crippen molar-refractivity contribution in [1.29, 1.82) is 0 Å². The van der Waals surface area contributed by atoms with Crippen molar-refractivity contribution in [3.8, 4) is 5.75 Å². The number of nitrogens with one attached hydrogen (secondary N) is 1. The molecule has 0 saturated heterocycles. The summed E-state index contributed by atoms with van der Waals surface area (Å²) < 4.78 is 31.5. The van der Waals surface area contributed by atoms with Crippen LogP contribution in [-0.2, 0) is 14.8 Å². The van der Waals surface area contributed by atoms with E-state index in [1.165, 1.54) is 0 Å². The number of sulfonamides is 1. The van der Waals surface area contributed by atoms with E-state index in [4.69, 9.17) is 9.84 Å². The molecule has 0 unspecified atom stereocenters. The van der Waals surface area contributed by atoms with E-state index in [1.54, 1.807) is 0 Å². The van der Waals surface area contributed by atoms with Gasteiger partial charge in [-0.2, -0.15) is 0 Å². The van der Waals surface area contributed by atoms with Gasteiger partial charge in [0.1, 0.15) is 11.3 Å². The lowest BCUT2D eigenvalue weighted by molar-refractivity contribution is 0.0693. The van der Waals surface area contributed by atoms with Gasteiger partial charge in [-0.3, -0.25) is 0 Å². The predicted octanol–water partition coefficient (Wildman–Crippen LogP) is 1.04. The lowest BCUT2D eigenvalue weighted by atomic mass is 10.2. The summed E-state index contributed by atoms with van der Waals surface area (Å²) in [7, 11) is -3.84. The molecule has 0 radical (unpaired) electrons. The fraction of sp³-hybridized carbons (Fsp3) is 0.462. The first-order valence-corrected chi connectivity index (χ1v) is 7.86. The smallest absolute Gasteiger partial charge is 0.339 e. The Morgan fingerprint density at radius 2 is 2.05 bits per heavy atom. The van der Waals surface area contributed by atoms with Crippen LogP contribution in [0.4, 0.5) is 0 Å². The topological polar surface area (TPSA) is 113 Å². The molecule has 0 aliphatic rings. The van der Waals surface area contributed by atoms with Gasteiger partial charge in [0.2, 0.25) is 10.0 Å². The van der Waals surface area contributed by atoms with Crippen LogP contribution in [0.15, 0.2) is 23.1 Å². The highest BCUT2D eigenvalue weighted by Gasteiger charge is 2.18. The van der Waals surface area contributed by atoms with E-state index < -0.39 is 27.3 Å². The summed E-state index contributed by atoms with van der Waals surface area (Å²) in [4.78, 5) is 10.6. The third kappa shape index (κ3) is 5.33. The zero-order chi connectivity index (χ0) is 16.0. The Balaban J connectivity index is 2.70. The molecule has 8 heteroatoms. The molecule has 1 aromatic carbocycles. The average Bonchev–Trinajstić information content (AvgIpc) is 2.37. The molecule has 0 aliphatic heterocycles. The van der Waals surface area contributed by atoms with Gasteiger partial charge in [0.15, 0.2) is 0 Å². The Hall–Kier alpha value is -1.64. The van der Waals surface area contributed by atoms with Crippen molar-refractivity contribution in [2.45, 2.75) is 18.7 Å². The van der Waals surface area contributed by atoms with Crippen molar-refractivity contribution < 1.29 is 28.2 Å². The molecule has 118 valence electrons. The number of ether oxygens (including phenoxy) is 1. The average molecular weight is 317 g/mol. The van der Waals surface area contributed by atoms with Crippen LogP contribution in [0, 0.1) is 5.92 Å². The molecule has 21 heavy (non-hydrogen) atoms. The van der Waals surface area contributed by atoms with Crippen molar-refractivity contribution in [1.82, 2.24) is 4.72 Å². The normalized spacial score (nSPS) is 11.8. The summed E-state index contributed by atoms with van der Waals surface area (Å²) in [6, 6.07) is 3.08. The third-order valence-corrected chi connectivity index (χ3v) is 3.96. The molecule has 0 heterocycles. The molecule has 0 amide bonds. The number of carbonyl (C=O) groups is 1. The van der Waals surface area contributed by atoms with Gasteiger partial charge >= 0.3 is 5.97 Å². The van der Waals surface area contributed by atoms with Crippen LogP contribution in [0.1, 0.15) is 24.2 Å². The van der Waals surface area contributed by atoms with Crippen LogP contribution in [0.3, 0.4) is 0 Å². The molecule has 1 aromatic rings. The van der Waals surface area contributed by atoms with Crippen LogP contribution >= 0.6 is 0 Å². The summed E-state index contributed by atoms with van der Waals surface area (Å²) in [6.07, 6.45) is 0. The molecule has 0 aliphatic carbocycles. The van der Waals surface area contributed by atoms with Gasteiger partial charge in [-0.1, -0.05) is 13.8 Å². The van der Waals surface area contributed by atoms with Gasteiger partial charge in [-0.25, -0.2) is 17.9 Å². The molecule has 0 spiro atoms. The molecule has 7 nitrogen and oxygen atoms in total. The standard InChI is InChI=1S/C13H19NO6S/c1-9(2)8-20-6-5-14-21(18,19)10-3-4-12(15)11(7-10)13(16)17/h3-4,7,9,14-15H,5-6,8H2,1-2H3,(H,16,17). The first-order chi connectivity index (χ1) is 9.74. The van der Waals surface area contributed by atoms with Gasteiger partial charge in [0, 0.05) is 13.2 Å². The SMILES string of the molecule is CC(C)COCCNS(=O)(=O)c1ccc(O)c(C(=O)O)c1. The first-order valence-electron chi connectivity index (χ1n) is 6.37. The van der Waals surface area contributed by atoms with Crippen molar-refractivity contribution in [3.63, 3.8) is 0 Å². The summed E-state index contributed by atoms with van der Waals surface area (Å²) >= 11 is 0. The summed E-state index contributed by atoms with van der Waals surface area (Å²) in [6.45, 7) is 4.80. The van der Waals surface area contributed by atoms with E-state index in [0.29, 0.717) is 12.5 Å². The van der Waals surface area contributed by atoms with Crippen molar-refractivity contribution in [3.05, 3.63) is 23.8 Å². The van der Waals surface area contributed by atoms with E-state index in [0.717, 1.165) is 18.2 Å². The van der Waals surface area contributed by atoms with Crippen molar-refractivity contribution in [2.75, 3.05) is 19.8 Å². The Kier molecular flexibility index (Phi) is 6.13. The number of aromatic carboxylic acids is 1. The minimum Gasteiger partial charge on any atom is -0.507 e. The van der Waals surface area contributed by atoms with Gasteiger partial charge < -0.3 is 14.9 Å². The fourth-order valence-electron chi connectivity index (χ4n) is 1.50. The number of rotatable bonds is 8. The maximum atomic E-state index is 12.0. The number of benzene rings is 1. The Bertz CT molecular complexity index is 597. The minimum atomic E-state index is -3.84. The molecule has 0 atom stereocenters. The zero-order valence-corrected chi connectivity index (χ0v) is 12.7. The summed E-state index contributed by atoms with van der Waals surface area (Å²) in [5, 5.41) is 18.2. The maximum Gasteiger partial charge on any atom is 0.339 e. The number of aromatic hydroxyl groups is 1. The highest BCUT2D eigenvalue weighted by atomic mass is 32.2. The summed E-state index contributed by atoms with van der Waals surface area (Å²) in [5.74, 6) is -1.52. The van der Waals surface area contributed by atoms with Gasteiger partial charge in [-0.05, 0) is 24.1 Å². The number of carboxylic acids is 1. The predicted molar refractivity (Wildman–Crippen MR) is 75.9 cm³/mol. The van der Waals surface area contributed by atoms with E-state index in [-0.39, 0.29) is 18.0 Å². The second kappa shape index (κ2) is 7.39. The number of hydrogen-bond donors (Lipinski definition) is 3. The highest BCUT2D eigenvalue weighted by Crippen LogP contribution is 2.21. The van der Waals surface area contributed by atoms with Crippen LogP contribution < -0.4 is 4.72 Å². The van der Waals surface area contributed by atoms with E-state index >= 15 is 0 Å². The molecule has 0 bridgehead atoms. The number of carboxylic acid groups (broad SMARTS) is 1. The third-order valence-electron chi connectivity index (χ3n) is 2.50. The maximum absolute atomic E-state index is 12.0. The largest absolute Gasteiger partial charge is 0.507 e. The molecule has 0 aromatic heterocycles. The van der Waals surface area contributed by atoms with Crippen molar-refractivity contribution in [2.24, 2.45) is 5.92 Å². The van der Waals surface area contributed by atoms with E-state index in [1.807, 2.05) is 13.8 Å². The zero-order valence-electron chi connectivity index (χ0n) is 11.9.